The molecule has 8 heteroatoms. The highest BCUT2D eigenvalue weighted by molar-refractivity contribution is 5.84. The Bertz CT molecular complexity index is 1410. The quantitative estimate of drug-likeness (QED) is 0.287. The van der Waals surface area contributed by atoms with E-state index in [2.05, 4.69) is 97.9 Å². The largest absolute Gasteiger partial charge is 0.379 e. The van der Waals surface area contributed by atoms with Crippen LogP contribution >= 0.6 is 0 Å². The lowest BCUT2D eigenvalue weighted by molar-refractivity contribution is 0.0342. The fraction of sp³-hybridized carbons (Fsp3) is 0.233. The molecule has 6 rings (SSSR count). The molecule has 3 aromatic carbocycles. The average Bonchev–Trinajstić information content (AvgIpc) is 3.44. The molecule has 0 bridgehead atoms. The lowest BCUT2D eigenvalue weighted by Crippen LogP contribution is -2.35. The number of hydrogen-bond donors (Lipinski definition) is 2. The number of rotatable bonds is 9. The SMILES string of the molecule is c1ccc(CN(Cc2ccccc2)c2nc(Nc3ccc(CN4CCOCC4)cc3)nc3nc[nH]c23)cc1. The lowest BCUT2D eigenvalue weighted by atomic mass is 10.1. The number of fused-ring (bicyclic) bond motifs is 1. The first-order chi connectivity index (χ1) is 18.8. The van der Waals surface area contributed by atoms with Crippen molar-refractivity contribution in [1.82, 2.24) is 24.8 Å². The van der Waals surface area contributed by atoms with Crippen molar-refractivity contribution >= 4 is 28.6 Å². The molecule has 1 aliphatic heterocycles. The Hall–Kier alpha value is -4.27. The number of aromatic nitrogens is 4. The van der Waals surface area contributed by atoms with E-state index in [0.717, 1.165) is 49.9 Å². The number of benzene rings is 3. The molecule has 0 saturated carbocycles. The first kappa shape index (κ1) is 24.1. The first-order valence-corrected chi connectivity index (χ1v) is 13.0. The summed E-state index contributed by atoms with van der Waals surface area (Å²) in [5.74, 6) is 1.33. The number of nitrogens with one attached hydrogen (secondary N) is 2. The highest BCUT2D eigenvalue weighted by Crippen LogP contribution is 2.27. The van der Waals surface area contributed by atoms with Crippen molar-refractivity contribution in [3.05, 3.63) is 108 Å². The van der Waals surface area contributed by atoms with Gasteiger partial charge in [0.25, 0.3) is 0 Å². The summed E-state index contributed by atoms with van der Waals surface area (Å²) in [5, 5.41) is 3.40. The van der Waals surface area contributed by atoms with Crippen molar-refractivity contribution in [2.24, 2.45) is 0 Å². The van der Waals surface area contributed by atoms with Crippen LogP contribution in [0.4, 0.5) is 17.5 Å². The second-order valence-corrected chi connectivity index (χ2v) is 9.51. The monoisotopic (exact) mass is 505 g/mol. The van der Waals surface area contributed by atoms with Crippen LogP contribution in [0.3, 0.4) is 0 Å². The van der Waals surface area contributed by atoms with Gasteiger partial charge in [-0.3, -0.25) is 4.90 Å². The Morgan fingerprint density at radius 3 is 2.11 bits per heavy atom. The van der Waals surface area contributed by atoms with E-state index in [0.29, 0.717) is 24.7 Å². The van der Waals surface area contributed by atoms with Crippen LogP contribution in [-0.2, 0) is 24.4 Å². The van der Waals surface area contributed by atoms with Crippen LogP contribution in [0.15, 0.2) is 91.3 Å². The molecule has 0 aliphatic carbocycles. The Kier molecular flexibility index (Phi) is 7.24. The molecule has 3 heterocycles. The standard InChI is InChI=1S/C30H31N7O/c1-3-7-23(8-4-1)20-37(21-24-9-5-2-6-10-24)29-27-28(32-22-31-27)34-30(35-29)33-26-13-11-25(12-14-26)19-36-15-17-38-18-16-36/h1-14,22H,15-21H2,(H2,31,32,33,34,35). The molecular formula is C30H31N7O. The molecule has 0 spiro atoms. The van der Waals surface area contributed by atoms with Crippen LogP contribution in [-0.4, -0.2) is 51.1 Å². The van der Waals surface area contributed by atoms with Crippen LogP contribution in [0.25, 0.3) is 11.2 Å². The van der Waals surface area contributed by atoms with E-state index in [4.69, 9.17) is 14.7 Å². The Labute approximate surface area is 222 Å². The van der Waals surface area contributed by atoms with Crippen molar-refractivity contribution in [1.29, 1.82) is 0 Å². The fourth-order valence-corrected chi connectivity index (χ4v) is 4.76. The predicted molar refractivity (Wildman–Crippen MR) is 150 cm³/mol. The molecule has 2 N–H and O–H groups in total. The van der Waals surface area contributed by atoms with E-state index >= 15 is 0 Å². The Morgan fingerprint density at radius 2 is 1.45 bits per heavy atom. The summed E-state index contributed by atoms with van der Waals surface area (Å²) in [5.41, 5.74) is 6.09. The van der Waals surface area contributed by atoms with Gasteiger partial charge in [-0.25, -0.2) is 4.98 Å². The van der Waals surface area contributed by atoms with Crippen LogP contribution < -0.4 is 10.2 Å². The first-order valence-electron chi connectivity index (χ1n) is 13.0. The summed E-state index contributed by atoms with van der Waals surface area (Å²) in [6.45, 7) is 5.90. The number of hydrogen-bond acceptors (Lipinski definition) is 7. The lowest BCUT2D eigenvalue weighted by Gasteiger charge is -2.26. The van der Waals surface area contributed by atoms with Crippen LogP contribution in [0, 0.1) is 0 Å². The van der Waals surface area contributed by atoms with Gasteiger partial charge in [-0.05, 0) is 28.8 Å². The smallest absolute Gasteiger partial charge is 0.231 e. The van der Waals surface area contributed by atoms with E-state index in [1.807, 2.05) is 12.1 Å². The molecule has 1 saturated heterocycles. The van der Waals surface area contributed by atoms with Crippen LogP contribution in [0.2, 0.25) is 0 Å². The molecule has 1 aliphatic rings. The second kappa shape index (κ2) is 11.4. The third-order valence-corrected chi connectivity index (χ3v) is 6.72. The molecule has 2 aromatic heterocycles. The Morgan fingerprint density at radius 1 is 0.789 bits per heavy atom. The summed E-state index contributed by atoms with van der Waals surface area (Å²) in [6, 6.07) is 29.4. The van der Waals surface area contributed by atoms with E-state index in [1.54, 1.807) is 6.33 Å². The Balaban J connectivity index is 1.27. The number of anilines is 3. The number of morpholine rings is 1. The number of nitrogens with zero attached hydrogens (tertiary/aromatic N) is 5. The van der Waals surface area contributed by atoms with E-state index in [9.17, 15) is 0 Å². The molecule has 0 amide bonds. The number of H-pyrrole nitrogens is 1. The van der Waals surface area contributed by atoms with E-state index in [-0.39, 0.29) is 0 Å². The summed E-state index contributed by atoms with van der Waals surface area (Å²) >= 11 is 0. The van der Waals surface area contributed by atoms with Crippen molar-refractivity contribution < 1.29 is 4.74 Å². The fourth-order valence-electron chi connectivity index (χ4n) is 4.76. The normalized spacial score (nSPS) is 14.0. The maximum Gasteiger partial charge on any atom is 0.231 e. The van der Waals surface area contributed by atoms with Gasteiger partial charge in [0.05, 0.1) is 19.5 Å². The second-order valence-electron chi connectivity index (χ2n) is 9.51. The summed E-state index contributed by atoms with van der Waals surface area (Å²) in [6.07, 6.45) is 1.68. The molecule has 8 nitrogen and oxygen atoms in total. The van der Waals surface area contributed by atoms with Crippen molar-refractivity contribution in [2.75, 3.05) is 36.5 Å². The van der Waals surface area contributed by atoms with Crippen molar-refractivity contribution in [2.45, 2.75) is 19.6 Å². The van der Waals surface area contributed by atoms with Gasteiger partial charge in [-0.1, -0.05) is 72.8 Å². The van der Waals surface area contributed by atoms with Gasteiger partial charge in [-0.15, -0.1) is 0 Å². The molecule has 0 atom stereocenters. The van der Waals surface area contributed by atoms with Crippen molar-refractivity contribution in [3.8, 4) is 0 Å². The van der Waals surface area contributed by atoms with Gasteiger partial charge >= 0.3 is 0 Å². The molecular weight excluding hydrogens is 474 g/mol. The minimum absolute atomic E-state index is 0.520. The zero-order valence-electron chi connectivity index (χ0n) is 21.3. The molecule has 38 heavy (non-hydrogen) atoms. The minimum atomic E-state index is 0.520. The van der Waals surface area contributed by atoms with E-state index < -0.39 is 0 Å². The van der Waals surface area contributed by atoms with Gasteiger partial charge in [0, 0.05) is 38.4 Å². The maximum atomic E-state index is 5.46. The number of imidazole rings is 1. The van der Waals surface area contributed by atoms with Crippen LogP contribution in [0.1, 0.15) is 16.7 Å². The number of aromatic amines is 1. The zero-order valence-corrected chi connectivity index (χ0v) is 21.3. The van der Waals surface area contributed by atoms with Gasteiger partial charge in [0.1, 0.15) is 5.52 Å². The van der Waals surface area contributed by atoms with Gasteiger partial charge < -0.3 is 19.9 Å². The molecule has 0 unspecified atom stereocenters. The average molecular weight is 506 g/mol. The highest BCUT2D eigenvalue weighted by atomic mass is 16.5. The molecule has 5 aromatic rings. The van der Waals surface area contributed by atoms with Crippen LogP contribution in [0.5, 0.6) is 0 Å². The zero-order chi connectivity index (χ0) is 25.6. The summed E-state index contributed by atoms with van der Waals surface area (Å²) in [4.78, 5) is 22.1. The molecule has 0 radical (unpaired) electrons. The van der Waals surface area contributed by atoms with Crippen molar-refractivity contribution in [3.63, 3.8) is 0 Å². The van der Waals surface area contributed by atoms with E-state index in [1.165, 1.54) is 16.7 Å². The van der Waals surface area contributed by atoms with Gasteiger partial charge in [0.15, 0.2) is 11.5 Å². The number of ether oxygens (including phenoxy) is 1. The summed E-state index contributed by atoms with van der Waals surface area (Å²) in [7, 11) is 0. The topological polar surface area (TPSA) is 82.2 Å². The minimum Gasteiger partial charge on any atom is -0.379 e. The highest BCUT2D eigenvalue weighted by Gasteiger charge is 2.18. The molecule has 1 fully saturated rings. The van der Waals surface area contributed by atoms with Gasteiger partial charge in [-0.2, -0.15) is 9.97 Å². The molecule has 192 valence electrons. The third-order valence-electron chi connectivity index (χ3n) is 6.72. The maximum absolute atomic E-state index is 5.46. The summed E-state index contributed by atoms with van der Waals surface area (Å²) < 4.78 is 5.46. The third kappa shape index (κ3) is 5.82. The van der Waals surface area contributed by atoms with Gasteiger partial charge in [0.2, 0.25) is 5.95 Å². The predicted octanol–water partition coefficient (Wildman–Crippen LogP) is 5.14.